The molecule has 0 amide bonds. The van der Waals surface area contributed by atoms with Crippen molar-refractivity contribution >= 4 is 32.2 Å². The van der Waals surface area contributed by atoms with Crippen LogP contribution in [0, 0.1) is 0 Å². The highest BCUT2D eigenvalue weighted by Crippen LogP contribution is 2.61. The van der Waals surface area contributed by atoms with Gasteiger partial charge in [0.05, 0.1) is 11.0 Å². The monoisotopic (exact) mass is 389 g/mol. The zero-order chi connectivity index (χ0) is 19.9. The molecule has 3 heteroatoms. The van der Waals surface area contributed by atoms with Crippen LogP contribution in [0.4, 0.5) is 0 Å². The van der Waals surface area contributed by atoms with Gasteiger partial charge in [-0.25, -0.2) is 4.98 Å². The smallest absolute Gasteiger partial charge is 0.0709 e. The fourth-order valence-electron chi connectivity index (χ4n) is 3.52. The minimum Gasteiger partial charge on any atom is -0.248 e. The van der Waals surface area contributed by atoms with E-state index in [0.29, 0.717) is 10.3 Å². The lowest BCUT2D eigenvalue weighted by molar-refractivity contribution is 0.703. The van der Waals surface area contributed by atoms with Gasteiger partial charge in [-0.15, -0.1) is 0 Å². The minimum atomic E-state index is -0.314. The number of hydrogen-bond acceptors (Lipinski definition) is 1. The Bertz CT molecular complexity index is 746. The fourth-order valence-corrected chi connectivity index (χ4v) is 8.66. The van der Waals surface area contributed by atoms with Gasteiger partial charge in [0, 0.05) is 5.39 Å². The number of benzene rings is 1. The quantitative estimate of drug-likeness (QED) is 0.500. The molecule has 0 aliphatic heterocycles. The molecule has 1 heterocycles. The molecular formula is C23H37NP2. The number of nitrogens with zero attached hydrogens (tertiary/aromatic N) is 1. The summed E-state index contributed by atoms with van der Waals surface area (Å²) in [7, 11) is -0.495. The third-order valence-corrected chi connectivity index (χ3v) is 12.0. The second-order valence-electron chi connectivity index (χ2n) is 10.3. The summed E-state index contributed by atoms with van der Waals surface area (Å²) in [5.41, 5.74) is 4.00. The summed E-state index contributed by atoms with van der Waals surface area (Å²) >= 11 is 0. The van der Waals surface area contributed by atoms with E-state index >= 15 is 0 Å². The first kappa shape index (κ1) is 21.8. The van der Waals surface area contributed by atoms with Crippen molar-refractivity contribution in [3.05, 3.63) is 35.9 Å². The number of pyridine rings is 1. The van der Waals surface area contributed by atoms with E-state index < -0.39 is 0 Å². The molecule has 1 aromatic carbocycles. The molecule has 0 N–H and O–H groups in total. The first-order valence-corrected chi connectivity index (χ1v) is 12.9. The highest BCUT2D eigenvalue weighted by molar-refractivity contribution is 7.66. The van der Waals surface area contributed by atoms with Crippen molar-refractivity contribution in [1.29, 1.82) is 0 Å². The molecule has 0 spiro atoms. The molecule has 1 atom stereocenters. The summed E-state index contributed by atoms with van der Waals surface area (Å²) < 4.78 is 0. The molecule has 0 saturated carbocycles. The van der Waals surface area contributed by atoms with Crippen molar-refractivity contribution < 1.29 is 0 Å². The lowest BCUT2D eigenvalue weighted by Crippen LogP contribution is -2.29. The number of fused-ring (bicyclic) bond motifs is 1. The van der Waals surface area contributed by atoms with Crippen LogP contribution in [0.15, 0.2) is 30.3 Å². The molecule has 2 rings (SSSR count). The molecule has 0 aliphatic carbocycles. The third kappa shape index (κ3) is 5.05. The molecule has 144 valence electrons. The van der Waals surface area contributed by atoms with E-state index in [4.69, 9.17) is 4.98 Å². The Kier molecular flexibility index (Phi) is 6.27. The number of para-hydroxylation sites is 1. The van der Waals surface area contributed by atoms with Crippen molar-refractivity contribution in [2.75, 3.05) is 6.66 Å². The van der Waals surface area contributed by atoms with E-state index in [2.05, 4.69) is 99.3 Å². The fraction of sp³-hybridized carbons (Fsp3) is 0.609. The van der Waals surface area contributed by atoms with Gasteiger partial charge in [-0.05, 0) is 46.0 Å². The molecule has 0 radical (unpaired) electrons. The number of hydrogen-bond donors (Lipinski definition) is 0. The van der Waals surface area contributed by atoms with Crippen LogP contribution < -0.4 is 5.44 Å². The third-order valence-electron chi connectivity index (χ3n) is 5.05. The van der Waals surface area contributed by atoms with Gasteiger partial charge < -0.3 is 0 Å². The highest BCUT2D eigenvalue weighted by Gasteiger charge is 2.35. The van der Waals surface area contributed by atoms with Crippen molar-refractivity contribution in [3.8, 4) is 0 Å². The SMILES string of the molecule is CP(c1nc2ccccc2cc1CP(C(C)(C)C)C(C)(C)C)C(C)(C)C. The molecule has 0 bridgehead atoms. The predicted octanol–water partition coefficient (Wildman–Crippen LogP) is 7.35. The Morgan fingerprint density at radius 3 is 1.85 bits per heavy atom. The molecule has 0 aliphatic rings. The summed E-state index contributed by atoms with van der Waals surface area (Å²) in [4.78, 5) is 5.20. The standard InChI is InChI=1S/C23H37NP2/c1-21(2,3)25(10)20-18(15-17-13-11-12-14-19(17)24-20)16-26(22(4,5)6)23(7,8)9/h11-15H,16H2,1-10H3. The maximum absolute atomic E-state index is 5.20. The summed E-state index contributed by atoms with van der Waals surface area (Å²) in [5, 5.41) is 2.20. The second-order valence-corrected chi connectivity index (χ2v) is 17.1. The molecular weight excluding hydrogens is 352 g/mol. The molecule has 1 aromatic heterocycles. The van der Waals surface area contributed by atoms with Crippen molar-refractivity contribution in [3.63, 3.8) is 0 Å². The summed E-state index contributed by atoms with van der Waals surface area (Å²) in [5.74, 6) is 0. The Hall–Kier alpha value is -0.510. The van der Waals surface area contributed by atoms with Crippen molar-refractivity contribution in [1.82, 2.24) is 4.98 Å². The molecule has 26 heavy (non-hydrogen) atoms. The van der Waals surface area contributed by atoms with Crippen LogP contribution in [0.2, 0.25) is 0 Å². The van der Waals surface area contributed by atoms with Crippen molar-refractivity contribution in [2.45, 2.75) is 83.9 Å². The number of rotatable bonds is 3. The van der Waals surface area contributed by atoms with Gasteiger partial charge >= 0.3 is 0 Å². The molecule has 1 unspecified atom stereocenters. The Morgan fingerprint density at radius 2 is 1.35 bits per heavy atom. The van der Waals surface area contributed by atoms with Crippen LogP contribution in [-0.2, 0) is 6.16 Å². The Morgan fingerprint density at radius 1 is 0.808 bits per heavy atom. The molecule has 0 saturated heterocycles. The van der Waals surface area contributed by atoms with Crippen LogP contribution in [0.5, 0.6) is 0 Å². The zero-order valence-corrected chi connectivity index (χ0v) is 20.2. The lowest BCUT2D eigenvalue weighted by atomic mass is 10.2. The van der Waals surface area contributed by atoms with Gasteiger partial charge in [0.2, 0.25) is 0 Å². The van der Waals surface area contributed by atoms with E-state index in [9.17, 15) is 0 Å². The molecule has 1 nitrogen and oxygen atoms in total. The van der Waals surface area contributed by atoms with E-state index in [0.717, 1.165) is 11.7 Å². The van der Waals surface area contributed by atoms with Crippen LogP contribution in [0.25, 0.3) is 10.9 Å². The summed E-state index contributed by atoms with van der Waals surface area (Å²) in [6.07, 6.45) is 1.16. The van der Waals surface area contributed by atoms with Crippen LogP contribution in [-0.4, -0.2) is 27.1 Å². The number of aromatic nitrogens is 1. The normalized spacial score (nSPS) is 14.9. The molecule has 2 aromatic rings. The van der Waals surface area contributed by atoms with E-state index in [1.54, 1.807) is 0 Å². The van der Waals surface area contributed by atoms with Gasteiger partial charge in [0.15, 0.2) is 0 Å². The van der Waals surface area contributed by atoms with Crippen molar-refractivity contribution in [2.24, 2.45) is 0 Å². The predicted molar refractivity (Wildman–Crippen MR) is 124 cm³/mol. The Labute approximate surface area is 163 Å². The first-order valence-electron chi connectivity index (χ1n) is 9.61. The average Bonchev–Trinajstić information content (AvgIpc) is 2.47. The van der Waals surface area contributed by atoms with Crippen LogP contribution >= 0.6 is 15.8 Å². The minimum absolute atomic E-state index is 0.181. The van der Waals surface area contributed by atoms with Gasteiger partial charge in [0.1, 0.15) is 0 Å². The Balaban J connectivity index is 2.63. The maximum Gasteiger partial charge on any atom is 0.0709 e. The van der Waals surface area contributed by atoms with E-state index in [-0.39, 0.29) is 21.0 Å². The molecule has 0 fully saturated rings. The van der Waals surface area contributed by atoms with Gasteiger partial charge in [-0.2, -0.15) is 0 Å². The van der Waals surface area contributed by atoms with E-state index in [1.807, 2.05) is 0 Å². The van der Waals surface area contributed by atoms with Gasteiger partial charge in [-0.3, -0.25) is 0 Å². The average molecular weight is 390 g/mol. The highest BCUT2D eigenvalue weighted by atomic mass is 31.1. The largest absolute Gasteiger partial charge is 0.248 e. The van der Waals surface area contributed by atoms with Gasteiger partial charge in [-0.1, -0.05) is 96.4 Å². The van der Waals surface area contributed by atoms with Gasteiger partial charge in [0.25, 0.3) is 0 Å². The zero-order valence-electron chi connectivity index (χ0n) is 18.4. The van der Waals surface area contributed by atoms with Crippen LogP contribution in [0.3, 0.4) is 0 Å². The second kappa shape index (κ2) is 7.48. The maximum atomic E-state index is 5.20. The lowest BCUT2D eigenvalue weighted by Gasteiger charge is -2.42. The van der Waals surface area contributed by atoms with E-state index in [1.165, 1.54) is 16.4 Å². The topological polar surface area (TPSA) is 12.9 Å². The summed E-state index contributed by atoms with van der Waals surface area (Å²) in [6.45, 7) is 24.0. The van der Waals surface area contributed by atoms with Crippen LogP contribution in [0.1, 0.15) is 67.9 Å². The summed E-state index contributed by atoms with van der Waals surface area (Å²) in [6, 6.07) is 11.0. The first-order chi connectivity index (χ1) is 11.7.